The van der Waals surface area contributed by atoms with Gasteiger partial charge < -0.3 is 26.5 Å². The lowest BCUT2D eigenvalue weighted by molar-refractivity contribution is 0.179. The van der Waals surface area contributed by atoms with Gasteiger partial charge in [-0.1, -0.05) is 75.4 Å². The van der Waals surface area contributed by atoms with Crippen LogP contribution in [0.15, 0.2) is 161 Å². The van der Waals surface area contributed by atoms with E-state index in [9.17, 15) is 0 Å². The molecule has 2 aliphatic carbocycles. The fourth-order valence-corrected chi connectivity index (χ4v) is 6.16. The normalized spacial score (nSPS) is 18.7. The van der Waals surface area contributed by atoms with Crippen LogP contribution < -0.4 is 27.2 Å². The van der Waals surface area contributed by atoms with Crippen molar-refractivity contribution in [3.63, 3.8) is 0 Å². The van der Waals surface area contributed by atoms with E-state index in [1.54, 1.807) is 0 Å². The Labute approximate surface area is 282 Å². The van der Waals surface area contributed by atoms with Crippen LogP contribution in [0.1, 0.15) is 54.1 Å². The SMILES string of the molecule is C=C1N=C(c2ccc3c(c2)CC[C@@H]3NC(=C)C2=NC(=C)N(/C(C)=C\C)C(C(=C)NCc3cccc(CNC4=C(N)C(=C)C4=C)c3)=C2)NO1. The number of nitrogens with zero attached hydrogens (tertiary/aromatic N) is 3. The first-order chi connectivity index (χ1) is 23.0. The molecule has 9 nitrogen and oxygen atoms in total. The Bertz CT molecular complexity index is 1950. The minimum Gasteiger partial charge on any atom is -0.397 e. The molecule has 0 unspecified atom stereocenters. The zero-order valence-electron chi connectivity index (χ0n) is 27.7. The number of aliphatic imine (C=N–C) groups is 2. The van der Waals surface area contributed by atoms with Crippen LogP contribution in [0, 0.1) is 0 Å². The fraction of sp³-hybridized carbons (Fsp3) is 0.179. The van der Waals surface area contributed by atoms with E-state index in [0.717, 1.165) is 69.2 Å². The summed E-state index contributed by atoms with van der Waals surface area (Å²) in [4.78, 5) is 16.4. The minimum absolute atomic E-state index is 0.103. The van der Waals surface area contributed by atoms with Crippen molar-refractivity contribution in [2.75, 3.05) is 0 Å². The van der Waals surface area contributed by atoms with Gasteiger partial charge in [0.15, 0.2) is 5.84 Å². The Hall–Kier alpha value is -5.96. The van der Waals surface area contributed by atoms with Gasteiger partial charge >= 0.3 is 0 Å². The Morgan fingerprint density at radius 1 is 1.04 bits per heavy atom. The van der Waals surface area contributed by atoms with Crippen molar-refractivity contribution in [3.8, 4) is 0 Å². The second-order valence-electron chi connectivity index (χ2n) is 12.1. The third-order valence-corrected chi connectivity index (χ3v) is 8.98. The number of amidine groups is 1. The molecule has 6 rings (SSSR count). The van der Waals surface area contributed by atoms with Crippen molar-refractivity contribution in [2.45, 2.75) is 45.8 Å². The third-order valence-electron chi connectivity index (χ3n) is 8.98. The van der Waals surface area contributed by atoms with Crippen LogP contribution in [-0.2, 0) is 24.3 Å². The second-order valence-corrected chi connectivity index (χ2v) is 12.1. The number of aryl methyl sites for hydroxylation is 1. The molecule has 0 bridgehead atoms. The van der Waals surface area contributed by atoms with E-state index < -0.39 is 0 Å². The Morgan fingerprint density at radius 2 is 1.81 bits per heavy atom. The molecule has 0 spiro atoms. The van der Waals surface area contributed by atoms with Crippen LogP contribution in [0.25, 0.3) is 0 Å². The molecule has 0 radical (unpaired) electrons. The van der Waals surface area contributed by atoms with Crippen LogP contribution in [0.5, 0.6) is 0 Å². The molecular formula is C39H42N8O. The van der Waals surface area contributed by atoms with Crippen LogP contribution in [0.4, 0.5) is 0 Å². The molecule has 2 aromatic rings. The quantitative estimate of drug-likeness (QED) is 0.187. The molecule has 2 aliphatic heterocycles. The summed E-state index contributed by atoms with van der Waals surface area (Å²) in [7, 11) is 0. The maximum absolute atomic E-state index is 6.06. The second kappa shape index (κ2) is 13.0. The minimum atomic E-state index is 0.103. The van der Waals surface area contributed by atoms with Gasteiger partial charge in [0.05, 0.1) is 40.2 Å². The molecule has 1 atom stereocenters. The molecule has 0 fully saturated rings. The van der Waals surface area contributed by atoms with Crippen LogP contribution in [0.2, 0.25) is 0 Å². The van der Waals surface area contributed by atoms with E-state index in [1.165, 1.54) is 11.1 Å². The van der Waals surface area contributed by atoms with Gasteiger partial charge in [0.2, 0.25) is 5.88 Å². The Kier molecular flexibility index (Phi) is 8.69. The highest BCUT2D eigenvalue weighted by molar-refractivity contribution is 6.09. The first kappa shape index (κ1) is 32.0. The van der Waals surface area contributed by atoms with Gasteiger partial charge in [-0.3, -0.25) is 4.90 Å². The standard InChI is InChI=1S/C39H42N8O/c1-9-22(2)47-27(7)44-35(25(5)43-34-16-14-31-18-32(13-15-33(31)34)39-45-28(8)48-46-39)19-36(47)26(6)41-20-29-11-10-12-30(17-29)21-42-38-24(4)23(3)37(38)40/h9-13,15,17-19,34,41-43H,3-8,14,16,20-21,40H2,1-2H3,(H,45,46)/b22-9-/t34-/m0/s1. The molecular weight excluding hydrogens is 596 g/mol. The molecule has 48 heavy (non-hydrogen) atoms. The number of hydroxylamine groups is 1. The van der Waals surface area contributed by atoms with Crippen molar-refractivity contribution in [1.82, 2.24) is 26.3 Å². The molecule has 4 aliphatic rings. The summed E-state index contributed by atoms with van der Waals surface area (Å²) in [6.07, 6.45) is 5.92. The maximum Gasteiger partial charge on any atom is 0.240 e. The van der Waals surface area contributed by atoms with Crippen molar-refractivity contribution in [2.24, 2.45) is 15.7 Å². The lowest BCUT2D eigenvalue weighted by Gasteiger charge is -2.33. The zero-order valence-corrected chi connectivity index (χ0v) is 27.7. The van der Waals surface area contributed by atoms with Crippen molar-refractivity contribution < 1.29 is 4.84 Å². The van der Waals surface area contributed by atoms with Gasteiger partial charge in [0.1, 0.15) is 5.82 Å². The smallest absolute Gasteiger partial charge is 0.240 e. The van der Waals surface area contributed by atoms with E-state index >= 15 is 0 Å². The molecule has 0 amide bonds. The molecule has 2 aromatic carbocycles. The monoisotopic (exact) mass is 638 g/mol. The molecule has 244 valence electrons. The molecule has 9 heteroatoms. The Balaban J connectivity index is 1.14. The number of fused-ring (bicyclic) bond motifs is 1. The van der Waals surface area contributed by atoms with Crippen molar-refractivity contribution in [1.29, 1.82) is 0 Å². The number of allylic oxidation sites excluding steroid dienone is 5. The molecule has 0 aromatic heterocycles. The van der Waals surface area contributed by atoms with Crippen LogP contribution >= 0.6 is 0 Å². The van der Waals surface area contributed by atoms with Gasteiger partial charge in [-0.05, 0) is 67.7 Å². The number of hydrogen-bond donors (Lipinski definition) is 5. The zero-order chi connectivity index (χ0) is 34.1. The fourth-order valence-electron chi connectivity index (χ4n) is 6.16. The molecule has 6 N–H and O–H groups in total. The number of nitrogens with two attached hydrogens (primary N) is 1. The van der Waals surface area contributed by atoms with E-state index in [2.05, 4.69) is 102 Å². The van der Waals surface area contributed by atoms with Crippen LogP contribution in [-0.4, -0.2) is 16.4 Å². The number of nitrogens with one attached hydrogen (secondary N) is 4. The largest absolute Gasteiger partial charge is 0.397 e. The van der Waals surface area contributed by atoms with E-state index in [-0.39, 0.29) is 6.04 Å². The van der Waals surface area contributed by atoms with Gasteiger partial charge in [-0.15, -0.1) is 0 Å². The third kappa shape index (κ3) is 6.22. The maximum atomic E-state index is 6.06. The van der Waals surface area contributed by atoms with Crippen molar-refractivity contribution in [3.05, 3.63) is 179 Å². The van der Waals surface area contributed by atoms with Gasteiger partial charge in [-0.25, -0.2) is 10.5 Å². The van der Waals surface area contributed by atoms with E-state index in [4.69, 9.17) is 15.6 Å². The predicted molar refractivity (Wildman–Crippen MR) is 194 cm³/mol. The molecule has 0 saturated heterocycles. The predicted octanol–water partition coefficient (Wildman–Crippen LogP) is 6.25. The number of benzene rings is 2. The highest BCUT2D eigenvalue weighted by Gasteiger charge is 2.28. The van der Waals surface area contributed by atoms with Gasteiger partial charge in [-0.2, -0.15) is 4.99 Å². The summed E-state index contributed by atoms with van der Waals surface area (Å²) >= 11 is 0. The highest BCUT2D eigenvalue weighted by Crippen LogP contribution is 2.35. The average molecular weight is 639 g/mol. The number of rotatable bonds is 12. The summed E-state index contributed by atoms with van der Waals surface area (Å²) in [6, 6.07) is 14.8. The topological polar surface area (TPSA) is 111 Å². The summed E-state index contributed by atoms with van der Waals surface area (Å²) in [5, 5.41) is 10.5. The van der Waals surface area contributed by atoms with E-state index in [0.29, 0.717) is 42.0 Å². The number of hydrogen-bond acceptors (Lipinski definition) is 9. The first-order valence-corrected chi connectivity index (χ1v) is 15.9. The summed E-state index contributed by atoms with van der Waals surface area (Å²) in [6.45, 7) is 30.0. The molecule has 0 saturated carbocycles. The summed E-state index contributed by atoms with van der Waals surface area (Å²) < 4.78 is 0. The Morgan fingerprint density at radius 3 is 2.52 bits per heavy atom. The highest BCUT2D eigenvalue weighted by atomic mass is 16.7. The van der Waals surface area contributed by atoms with Crippen LogP contribution in [0.3, 0.4) is 0 Å². The summed E-state index contributed by atoms with van der Waals surface area (Å²) in [5.41, 5.74) is 21.9. The molecule has 2 heterocycles. The van der Waals surface area contributed by atoms with E-state index in [1.807, 2.05) is 37.0 Å². The lowest BCUT2D eigenvalue weighted by Crippen LogP contribution is -2.31. The average Bonchev–Trinajstić information content (AvgIpc) is 3.71. The summed E-state index contributed by atoms with van der Waals surface area (Å²) in [5.74, 6) is 1.62. The van der Waals surface area contributed by atoms with Crippen molar-refractivity contribution >= 4 is 11.5 Å². The lowest BCUT2D eigenvalue weighted by atomic mass is 9.90. The van der Waals surface area contributed by atoms with Gasteiger partial charge in [0.25, 0.3) is 0 Å². The van der Waals surface area contributed by atoms with Gasteiger partial charge in [0, 0.05) is 35.5 Å². The first-order valence-electron chi connectivity index (χ1n) is 15.9.